The van der Waals surface area contributed by atoms with Gasteiger partial charge in [0.05, 0.1) is 6.33 Å². The molecule has 1 saturated heterocycles. The number of fused-ring (bicyclic) bond motifs is 1. The number of halogens is 2. The quantitative estimate of drug-likeness (QED) is 0.262. The van der Waals surface area contributed by atoms with Gasteiger partial charge in [0, 0.05) is 24.8 Å². The summed E-state index contributed by atoms with van der Waals surface area (Å²) < 4.78 is 44.1. The Kier molecular flexibility index (Phi) is 7.21. The highest BCUT2D eigenvalue weighted by molar-refractivity contribution is 5.91. The maximum absolute atomic E-state index is 15.9. The van der Waals surface area contributed by atoms with Crippen LogP contribution < -0.4 is 15.8 Å². The number of hydrogen-bond acceptors (Lipinski definition) is 8. The third-order valence-electron chi connectivity index (χ3n) is 6.82. The van der Waals surface area contributed by atoms with E-state index < -0.39 is 29.2 Å². The second kappa shape index (κ2) is 11.3. The Hall–Kier alpha value is -4.97. The summed E-state index contributed by atoms with van der Waals surface area (Å²) in [6.07, 6.45) is 6.08. The predicted octanol–water partition coefficient (Wildman–Crippen LogP) is 5.66. The lowest BCUT2D eigenvalue weighted by atomic mass is 10.0. The molecule has 6 rings (SSSR count). The Balaban J connectivity index is 1.42. The molecule has 12 heteroatoms. The van der Waals surface area contributed by atoms with Gasteiger partial charge in [-0.3, -0.25) is 4.57 Å². The van der Waals surface area contributed by atoms with Gasteiger partial charge in [-0.2, -0.15) is 0 Å². The zero-order valence-corrected chi connectivity index (χ0v) is 21.8. The SMILES string of the molecule is NC(=O)Oc1cc(Cc2ccccc2)c(F)c(Nc2ncccc2-c2ncnc3c2ncn3C2CCCCO2)c1F. The van der Waals surface area contributed by atoms with Crippen LogP contribution in [0.5, 0.6) is 5.75 Å². The number of imidazole rings is 1. The van der Waals surface area contributed by atoms with E-state index in [1.807, 2.05) is 10.6 Å². The first-order chi connectivity index (χ1) is 20.0. The van der Waals surface area contributed by atoms with Crippen molar-refractivity contribution in [2.45, 2.75) is 31.9 Å². The van der Waals surface area contributed by atoms with Crippen LogP contribution in [-0.2, 0) is 11.2 Å². The standard InChI is InChI=1S/C29H25F2N7O3/c30-22-18(13-17-7-2-1-3-8-17)14-20(41-29(32)39)23(31)25(22)37-27-19(9-6-11-33-27)24-26-28(35-15-34-24)38(16-36-26)21-10-4-5-12-40-21/h1-3,6-9,11,14-16,21H,4-5,10,12-13H2,(H2,32,39)(H,33,37). The Morgan fingerprint density at radius 2 is 1.93 bits per heavy atom. The summed E-state index contributed by atoms with van der Waals surface area (Å²) in [5, 5.41) is 2.77. The van der Waals surface area contributed by atoms with E-state index in [0.717, 1.165) is 30.9 Å². The number of nitrogens with one attached hydrogen (secondary N) is 1. The maximum atomic E-state index is 15.9. The number of anilines is 2. The molecule has 1 atom stereocenters. The van der Waals surface area contributed by atoms with Gasteiger partial charge in [0.25, 0.3) is 0 Å². The van der Waals surface area contributed by atoms with Crippen LogP contribution in [0.15, 0.2) is 67.4 Å². The maximum Gasteiger partial charge on any atom is 0.410 e. The highest BCUT2D eigenvalue weighted by atomic mass is 19.1. The van der Waals surface area contributed by atoms with Crippen LogP contribution in [0.2, 0.25) is 0 Å². The molecule has 1 aliphatic heterocycles. The largest absolute Gasteiger partial charge is 0.410 e. The van der Waals surface area contributed by atoms with Crippen molar-refractivity contribution in [3.63, 3.8) is 0 Å². The van der Waals surface area contributed by atoms with Crippen LogP contribution in [0.1, 0.15) is 36.6 Å². The number of ether oxygens (including phenoxy) is 2. The van der Waals surface area contributed by atoms with E-state index in [1.54, 1.807) is 42.7 Å². The number of primary amides is 1. The summed E-state index contributed by atoms with van der Waals surface area (Å²) in [6, 6.07) is 13.6. The van der Waals surface area contributed by atoms with Gasteiger partial charge in [-0.15, -0.1) is 0 Å². The number of carbonyl (C=O) groups is 1. The van der Waals surface area contributed by atoms with Crippen molar-refractivity contribution in [3.05, 3.63) is 90.1 Å². The number of carbonyl (C=O) groups excluding carboxylic acids is 1. The molecule has 1 unspecified atom stereocenters. The molecule has 208 valence electrons. The van der Waals surface area contributed by atoms with Gasteiger partial charge in [-0.05, 0) is 48.6 Å². The number of benzene rings is 2. The van der Waals surface area contributed by atoms with Gasteiger partial charge in [0.15, 0.2) is 23.0 Å². The first kappa shape index (κ1) is 26.3. The van der Waals surface area contributed by atoms with Gasteiger partial charge >= 0.3 is 6.09 Å². The normalized spacial score (nSPS) is 15.1. The lowest BCUT2D eigenvalue weighted by Crippen LogP contribution is -2.18. The molecule has 41 heavy (non-hydrogen) atoms. The fraction of sp³-hybridized carbons (Fsp3) is 0.207. The zero-order valence-electron chi connectivity index (χ0n) is 21.8. The molecule has 1 fully saturated rings. The predicted molar refractivity (Wildman–Crippen MR) is 146 cm³/mol. The molecule has 5 aromatic rings. The van der Waals surface area contributed by atoms with E-state index in [2.05, 4.69) is 25.3 Å². The average Bonchev–Trinajstić information content (AvgIpc) is 3.43. The molecule has 4 heterocycles. The Bertz CT molecular complexity index is 1720. The third-order valence-corrected chi connectivity index (χ3v) is 6.82. The molecule has 0 bridgehead atoms. The van der Waals surface area contributed by atoms with Crippen LogP contribution in [0, 0.1) is 11.6 Å². The second-order valence-electron chi connectivity index (χ2n) is 9.51. The van der Waals surface area contributed by atoms with E-state index in [9.17, 15) is 4.79 Å². The lowest BCUT2D eigenvalue weighted by molar-refractivity contribution is -0.0298. The van der Waals surface area contributed by atoms with E-state index in [-0.39, 0.29) is 24.0 Å². The fourth-order valence-corrected chi connectivity index (χ4v) is 4.92. The molecule has 0 radical (unpaired) electrons. The Morgan fingerprint density at radius 3 is 2.71 bits per heavy atom. The fourth-order valence-electron chi connectivity index (χ4n) is 4.92. The van der Waals surface area contributed by atoms with Gasteiger partial charge in [0.2, 0.25) is 0 Å². The van der Waals surface area contributed by atoms with Crippen LogP contribution >= 0.6 is 0 Å². The van der Waals surface area contributed by atoms with E-state index in [1.165, 1.54) is 12.5 Å². The van der Waals surface area contributed by atoms with Crippen molar-refractivity contribution in [2.24, 2.45) is 5.73 Å². The molecule has 1 aliphatic rings. The molecular formula is C29H25F2N7O3. The molecular weight excluding hydrogens is 532 g/mol. The number of rotatable bonds is 7. The van der Waals surface area contributed by atoms with E-state index >= 15 is 8.78 Å². The van der Waals surface area contributed by atoms with Gasteiger partial charge in [-0.25, -0.2) is 33.5 Å². The minimum Gasteiger partial charge on any atom is -0.407 e. The first-order valence-electron chi connectivity index (χ1n) is 13.0. The lowest BCUT2D eigenvalue weighted by Gasteiger charge is -2.23. The summed E-state index contributed by atoms with van der Waals surface area (Å²) in [7, 11) is 0. The number of pyridine rings is 1. The molecule has 1 amide bonds. The van der Waals surface area contributed by atoms with Crippen molar-refractivity contribution >= 4 is 28.8 Å². The zero-order chi connectivity index (χ0) is 28.3. The number of hydrogen-bond donors (Lipinski definition) is 2. The van der Waals surface area contributed by atoms with E-state index in [4.69, 9.17) is 15.2 Å². The monoisotopic (exact) mass is 557 g/mol. The minimum absolute atomic E-state index is 0.0875. The number of amides is 1. The van der Waals surface area contributed by atoms with Crippen LogP contribution in [0.3, 0.4) is 0 Å². The highest BCUT2D eigenvalue weighted by Gasteiger charge is 2.25. The average molecular weight is 558 g/mol. The van der Waals surface area contributed by atoms with E-state index in [0.29, 0.717) is 29.0 Å². The molecule has 0 saturated carbocycles. The van der Waals surface area contributed by atoms with Crippen molar-refractivity contribution in [2.75, 3.05) is 11.9 Å². The summed E-state index contributed by atoms with van der Waals surface area (Å²) >= 11 is 0. The number of aromatic nitrogens is 5. The van der Waals surface area contributed by atoms with Gasteiger partial charge < -0.3 is 20.5 Å². The highest BCUT2D eigenvalue weighted by Crippen LogP contribution is 2.37. The molecule has 3 N–H and O–H groups in total. The Morgan fingerprint density at radius 1 is 1.07 bits per heavy atom. The first-order valence-corrected chi connectivity index (χ1v) is 13.0. The van der Waals surface area contributed by atoms with Crippen LogP contribution in [0.4, 0.5) is 25.1 Å². The van der Waals surface area contributed by atoms with Crippen molar-refractivity contribution < 1.29 is 23.0 Å². The van der Waals surface area contributed by atoms with Crippen molar-refractivity contribution in [1.29, 1.82) is 0 Å². The van der Waals surface area contributed by atoms with Gasteiger partial charge in [0.1, 0.15) is 35.3 Å². The van der Waals surface area contributed by atoms with Crippen LogP contribution in [-0.4, -0.2) is 37.2 Å². The Labute approximate surface area is 233 Å². The summed E-state index contributed by atoms with van der Waals surface area (Å²) in [5.41, 5.74) is 7.35. The molecule has 0 aliphatic carbocycles. The number of nitrogens with zero attached hydrogens (tertiary/aromatic N) is 5. The molecule has 0 spiro atoms. The minimum atomic E-state index is -1.23. The van der Waals surface area contributed by atoms with Crippen molar-refractivity contribution in [3.8, 4) is 17.0 Å². The molecule has 3 aromatic heterocycles. The molecule has 10 nitrogen and oxygen atoms in total. The topological polar surface area (TPSA) is 130 Å². The van der Waals surface area contributed by atoms with Gasteiger partial charge in [-0.1, -0.05) is 30.3 Å². The number of nitrogens with two attached hydrogens (primary N) is 1. The summed E-state index contributed by atoms with van der Waals surface area (Å²) in [4.78, 5) is 29.2. The van der Waals surface area contributed by atoms with Crippen LogP contribution in [0.25, 0.3) is 22.4 Å². The third kappa shape index (κ3) is 5.29. The molecule has 2 aromatic carbocycles. The second-order valence-corrected chi connectivity index (χ2v) is 9.51. The summed E-state index contributed by atoms with van der Waals surface area (Å²) in [5.74, 6) is -2.41. The summed E-state index contributed by atoms with van der Waals surface area (Å²) in [6.45, 7) is 0.654. The van der Waals surface area contributed by atoms with Crippen molar-refractivity contribution in [1.82, 2.24) is 24.5 Å². The smallest absolute Gasteiger partial charge is 0.407 e.